The lowest BCUT2D eigenvalue weighted by atomic mass is 9.98. The zero-order valence-electron chi connectivity index (χ0n) is 11.1. The summed E-state index contributed by atoms with van der Waals surface area (Å²) in [6, 6.07) is 1.65. The molecule has 0 amide bonds. The summed E-state index contributed by atoms with van der Waals surface area (Å²) in [4.78, 5) is 2.73. The van der Waals surface area contributed by atoms with Crippen LogP contribution in [0.25, 0.3) is 0 Å². The maximum absolute atomic E-state index is 3.90. The quantitative estimate of drug-likeness (QED) is 0.833. The molecule has 3 aliphatic rings. The SMILES string of the molecule is CC1(CNC2CCN3CCCCC23)CCCS1. The maximum Gasteiger partial charge on any atom is 0.0256 e. The summed E-state index contributed by atoms with van der Waals surface area (Å²) in [5.74, 6) is 1.37. The van der Waals surface area contributed by atoms with Crippen LogP contribution in [0.1, 0.15) is 45.4 Å². The number of fused-ring (bicyclic) bond motifs is 1. The zero-order valence-corrected chi connectivity index (χ0v) is 11.9. The first-order valence-electron chi connectivity index (χ1n) is 7.38. The Hall–Kier alpha value is 0.270. The summed E-state index contributed by atoms with van der Waals surface area (Å²) in [7, 11) is 0. The van der Waals surface area contributed by atoms with Crippen molar-refractivity contribution in [3.05, 3.63) is 0 Å². The van der Waals surface area contributed by atoms with Gasteiger partial charge in [0.15, 0.2) is 0 Å². The fourth-order valence-electron chi connectivity index (χ4n) is 3.81. The van der Waals surface area contributed by atoms with E-state index in [-0.39, 0.29) is 0 Å². The monoisotopic (exact) mass is 254 g/mol. The van der Waals surface area contributed by atoms with Gasteiger partial charge in [0.2, 0.25) is 0 Å². The van der Waals surface area contributed by atoms with Crippen molar-refractivity contribution in [1.29, 1.82) is 0 Å². The lowest BCUT2D eigenvalue weighted by molar-refractivity contribution is 0.179. The Bertz CT molecular complexity index is 263. The van der Waals surface area contributed by atoms with Crippen molar-refractivity contribution in [3.8, 4) is 0 Å². The van der Waals surface area contributed by atoms with Gasteiger partial charge in [-0.2, -0.15) is 11.8 Å². The largest absolute Gasteiger partial charge is 0.311 e. The molecule has 0 aromatic heterocycles. The topological polar surface area (TPSA) is 15.3 Å². The van der Waals surface area contributed by atoms with Crippen LogP contribution in [0.15, 0.2) is 0 Å². The normalized spacial score (nSPS) is 42.9. The second-order valence-corrected chi connectivity index (χ2v) is 7.96. The van der Waals surface area contributed by atoms with Gasteiger partial charge in [0.25, 0.3) is 0 Å². The number of nitrogens with one attached hydrogen (secondary N) is 1. The van der Waals surface area contributed by atoms with Gasteiger partial charge in [-0.15, -0.1) is 0 Å². The Labute approximate surface area is 110 Å². The van der Waals surface area contributed by atoms with Crippen molar-refractivity contribution < 1.29 is 0 Å². The second kappa shape index (κ2) is 5.10. The minimum atomic E-state index is 0.530. The molecule has 0 bridgehead atoms. The van der Waals surface area contributed by atoms with Gasteiger partial charge in [-0.3, -0.25) is 4.90 Å². The first kappa shape index (κ1) is 12.3. The molecule has 3 saturated heterocycles. The smallest absolute Gasteiger partial charge is 0.0256 e. The van der Waals surface area contributed by atoms with Crippen LogP contribution < -0.4 is 5.32 Å². The highest BCUT2D eigenvalue weighted by Gasteiger charge is 2.37. The van der Waals surface area contributed by atoms with E-state index in [1.165, 1.54) is 63.9 Å². The summed E-state index contributed by atoms with van der Waals surface area (Å²) < 4.78 is 0.530. The minimum Gasteiger partial charge on any atom is -0.311 e. The van der Waals surface area contributed by atoms with Gasteiger partial charge in [0.05, 0.1) is 0 Å². The summed E-state index contributed by atoms with van der Waals surface area (Å²) in [5, 5.41) is 3.90. The number of hydrogen-bond acceptors (Lipinski definition) is 3. The molecule has 3 aliphatic heterocycles. The Morgan fingerprint density at radius 1 is 1.24 bits per heavy atom. The lowest BCUT2D eigenvalue weighted by Crippen LogP contribution is -2.48. The molecular weight excluding hydrogens is 228 g/mol. The van der Waals surface area contributed by atoms with Crippen LogP contribution >= 0.6 is 11.8 Å². The molecule has 3 heteroatoms. The van der Waals surface area contributed by atoms with E-state index in [0.717, 1.165) is 12.1 Å². The van der Waals surface area contributed by atoms with Crippen molar-refractivity contribution in [2.45, 2.75) is 62.3 Å². The van der Waals surface area contributed by atoms with E-state index >= 15 is 0 Å². The molecule has 3 rings (SSSR count). The highest BCUT2D eigenvalue weighted by atomic mass is 32.2. The number of piperidine rings is 1. The summed E-state index contributed by atoms with van der Waals surface area (Å²) in [5.41, 5.74) is 0. The van der Waals surface area contributed by atoms with E-state index < -0.39 is 0 Å². The third kappa shape index (κ3) is 2.66. The van der Waals surface area contributed by atoms with Gasteiger partial charge in [0, 0.05) is 29.9 Å². The minimum absolute atomic E-state index is 0.530. The van der Waals surface area contributed by atoms with Crippen LogP contribution in [0, 0.1) is 0 Å². The van der Waals surface area contributed by atoms with E-state index in [1.807, 2.05) is 0 Å². The zero-order chi connectivity index (χ0) is 11.7. The Balaban J connectivity index is 1.51. The van der Waals surface area contributed by atoms with E-state index in [9.17, 15) is 0 Å². The number of hydrogen-bond donors (Lipinski definition) is 1. The first-order chi connectivity index (χ1) is 8.27. The molecule has 17 heavy (non-hydrogen) atoms. The molecule has 1 N–H and O–H groups in total. The number of rotatable bonds is 3. The molecule has 0 aliphatic carbocycles. The van der Waals surface area contributed by atoms with Gasteiger partial charge < -0.3 is 5.32 Å². The molecule has 3 heterocycles. The molecular formula is C14H26N2S. The van der Waals surface area contributed by atoms with Crippen molar-refractivity contribution in [1.82, 2.24) is 10.2 Å². The molecule has 3 fully saturated rings. The maximum atomic E-state index is 3.90. The van der Waals surface area contributed by atoms with E-state index in [0.29, 0.717) is 4.75 Å². The van der Waals surface area contributed by atoms with Crippen LogP contribution in [0.2, 0.25) is 0 Å². The van der Waals surface area contributed by atoms with Crippen LogP contribution in [0.4, 0.5) is 0 Å². The third-order valence-electron chi connectivity index (χ3n) is 4.89. The third-order valence-corrected chi connectivity index (χ3v) is 6.43. The average molecular weight is 254 g/mol. The van der Waals surface area contributed by atoms with Crippen LogP contribution in [-0.4, -0.2) is 47.1 Å². The molecule has 2 nitrogen and oxygen atoms in total. The first-order valence-corrected chi connectivity index (χ1v) is 8.37. The number of nitrogens with zero attached hydrogens (tertiary/aromatic N) is 1. The lowest BCUT2D eigenvalue weighted by Gasteiger charge is -2.34. The van der Waals surface area contributed by atoms with Gasteiger partial charge in [-0.1, -0.05) is 6.42 Å². The molecule has 0 spiro atoms. The second-order valence-electron chi connectivity index (χ2n) is 6.28. The van der Waals surface area contributed by atoms with Gasteiger partial charge in [-0.25, -0.2) is 0 Å². The fraction of sp³-hybridized carbons (Fsp3) is 1.00. The van der Waals surface area contributed by atoms with Crippen LogP contribution in [0.5, 0.6) is 0 Å². The fourth-order valence-corrected chi connectivity index (χ4v) is 5.06. The molecule has 0 saturated carbocycles. The Kier molecular flexibility index (Phi) is 3.69. The highest BCUT2D eigenvalue weighted by Crippen LogP contribution is 2.37. The summed E-state index contributed by atoms with van der Waals surface area (Å²) in [6.45, 7) is 6.37. The summed E-state index contributed by atoms with van der Waals surface area (Å²) in [6.07, 6.45) is 8.52. The highest BCUT2D eigenvalue weighted by molar-refractivity contribution is 8.00. The Morgan fingerprint density at radius 2 is 2.18 bits per heavy atom. The Morgan fingerprint density at radius 3 is 3.00 bits per heavy atom. The van der Waals surface area contributed by atoms with Crippen LogP contribution in [0.3, 0.4) is 0 Å². The average Bonchev–Trinajstić information content (AvgIpc) is 2.94. The predicted molar refractivity (Wildman–Crippen MR) is 75.7 cm³/mol. The molecule has 3 atom stereocenters. The van der Waals surface area contributed by atoms with E-state index in [1.54, 1.807) is 0 Å². The van der Waals surface area contributed by atoms with Crippen molar-refractivity contribution in [2.24, 2.45) is 0 Å². The van der Waals surface area contributed by atoms with Gasteiger partial charge in [0.1, 0.15) is 0 Å². The van der Waals surface area contributed by atoms with Crippen molar-refractivity contribution in [3.63, 3.8) is 0 Å². The van der Waals surface area contributed by atoms with Crippen molar-refractivity contribution >= 4 is 11.8 Å². The standard InChI is InChI=1S/C14H26N2S/c1-14(7-4-10-17-14)11-15-12-6-9-16-8-3-2-5-13(12)16/h12-13,15H,2-11H2,1H3. The molecule has 0 radical (unpaired) electrons. The van der Waals surface area contributed by atoms with Crippen molar-refractivity contribution in [2.75, 3.05) is 25.4 Å². The van der Waals surface area contributed by atoms with Gasteiger partial charge in [-0.05, 0) is 51.3 Å². The molecule has 0 aromatic rings. The molecule has 0 aromatic carbocycles. The van der Waals surface area contributed by atoms with Crippen LogP contribution in [-0.2, 0) is 0 Å². The summed E-state index contributed by atoms with van der Waals surface area (Å²) >= 11 is 2.18. The van der Waals surface area contributed by atoms with E-state index in [2.05, 4.69) is 28.9 Å². The number of thioether (sulfide) groups is 1. The molecule has 98 valence electrons. The van der Waals surface area contributed by atoms with E-state index in [4.69, 9.17) is 0 Å². The van der Waals surface area contributed by atoms with Gasteiger partial charge >= 0.3 is 0 Å². The molecule has 3 unspecified atom stereocenters. The predicted octanol–water partition coefficient (Wildman–Crippen LogP) is 2.49.